The summed E-state index contributed by atoms with van der Waals surface area (Å²) in [5, 5.41) is 2.48. The van der Waals surface area contributed by atoms with Crippen molar-refractivity contribution in [3.8, 4) is 22.6 Å². The summed E-state index contributed by atoms with van der Waals surface area (Å²) in [6, 6.07) is 11.5. The lowest BCUT2D eigenvalue weighted by Crippen LogP contribution is -2.19. The van der Waals surface area contributed by atoms with Crippen molar-refractivity contribution in [1.29, 1.82) is 0 Å². The average Bonchev–Trinajstić information content (AvgIpc) is 3.14. The van der Waals surface area contributed by atoms with Crippen LogP contribution in [0.4, 0.5) is 29.2 Å². The standard InChI is InChI=1S/C22H14ClF4N5O/c23-14-6-3-7-15(24)17(14)20-31-18(19(28)32-20)11-8-9-16(29-10-11)30-21(33)12-4-1-2-5-13(12)22(25,26)27/h1-10H,28H2,(H,31,32)(H,29,30,33). The maximum atomic E-state index is 14.2. The van der Waals surface area contributed by atoms with Crippen LogP contribution in [-0.4, -0.2) is 20.9 Å². The number of benzene rings is 2. The molecular weight excluding hydrogens is 462 g/mol. The molecule has 0 saturated carbocycles. The zero-order valence-corrected chi connectivity index (χ0v) is 17.3. The van der Waals surface area contributed by atoms with Crippen LogP contribution in [-0.2, 0) is 6.18 Å². The number of carbonyl (C=O) groups excluding carboxylic acids is 1. The Labute approximate surface area is 189 Å². The van der Waals surface area contributed by atoms with E-state index in [2.05, 4.69) is 20.3 Å². The van der Waals surface area contributed by atoms with Crippen LogP contribution in [0.15, 0.2) is 60.8 Å². The normalized spacial score (nSPS) is 11.4. The summed E-state index contributed by atoms with van der Waals surface area (Å²) in [6.07, 6.45) is -3.34. The largest absolute Gasteiger partial charge is 0.417 e. The first-order chi connectivity index (χ1) is 15.6. The van der Waals surface area contributed by atoms with Crippen LogP contribution < -0.4 is 11.1 Å². The van der Waals surface area contributed by atoms with Gasteiger partial charge in [-0.3, -0.25) is 4.79 Å². The maximum absolute atomic E-state index is 14.2. The van der Waals surface area contributed by atoms with Crippen molar-refractivity contribution >= 4 is 29.1 Å². The molecule has 1 amide bonds. The van der Waals surface area contributed by atoms with Crippen molar-refractivity contribution in [3.05, 3.63) is 82.8 Å². The number of H-pyrrole nitrogens is 1. The lowest BCUT2D eigenvalue weighted by molar-refractivity contribution is -0.137. The quantitative estimate of drug-likeness (QED) is 0.326. The number of nitrogen functional groups attached to an aromatic ring is 1. The summed E-state index contributed by atoms with van der Waals surface area (Å²) in [5.74, 6) is -1.34. The number of aromatic amines is 1. The molecule has 33 heavy (non-hydrogen) atoms. The minimum atomic E-state index is -4.68. The van der Waals surface area contributed by atoms with E-state index in [4.69, 9.17) is 17.3 Å². The fourth-order valence-electron chi connectivity index (χ4n) is 3.18. The van der Waals surface area contributed by atoms with Crippen LogP contribution in [0.3, 0.4) is 0 Å². The summed E-state index contributed by atoms with van der Waals surface area (Å²) in [7, 11) is 0. The molecule has 2 aromatic heterocycles. The molecule has 168 valence electrons. The Bertz CT molecular complexity index is 1320. The number of halogens is 5. The van der Waals surface area contributed by atoms with Gasteiger partial charge in [-0.15, -0.1) is 0 Å². The minimum absolute atomic E-state index is 0.0242. The number of rotatable bonds is 4. The fourth-order valence-corrected chi connectivity index (χ4v) is 3.43. The minimum Gasteiger partial charge on any atom is -0.382 e. The number of nitrogens with zero attached hydrogens (tertiary/aromatic N) is 2. The lowest BCUT2D eigenvalue weighted by atomic mass is 10.1. The highest BCUT2D eigenvalue weighted by molar-refractivity contribution is 6.33. The van der Waals surface area contributed by atoms with Crippen molar-refractivity contribution in [2.45, 2.75) is 6.18 Å². The molecule has 2 heterocycles. The molecule has 6 nitrogen and oxygen atoms in total. The summed E-state index contributed by atoms with van der Waals surface area (Å²) >= 11 is 6.07. The Morgan fingerprint density at radius 2 is 1.82 bits per heavy atom. The van der Waals surface area contributed by atoms with E-state index in [-0.39, 0.29) is 28.0 Å². The van der Waals surface area contributed by atoms with E-state index in [1.807, 2.05) is 0 Å². The molecule has 0 atom stereocenters. The summed E-state index contributed by atoms with van der Waals surface area (Å²) < 4.78 is 53.6. The molecule has 11 heteroatoms. The first kappa shape index (κ1) is 22.3. The van der Waals surface area contributed by atoms with Gasteiger partial charge in [0.2, 0.25) is 0 Å². The average molecular weight is 476 g/mol. The van der Waals surface area contributed by atoms with E-state index < -0.39 is 29.0 Å². The second kappa shape index (κ2) is 8.55. The molecule has 0 radical (unpaired) electrons. The molecule has 0 aliphatic heterocycles. The van der Waals surface area contributed by atoms with Gasteiger partial charge in [0.25, 0.3) is 5.91 Å². The van der Waals surface area contributed by atoms with Gasteiger partial charge in [-0.05, 0) is 36.4 Å². The Kier molecular flexibility index (Phi) is 5.77. The number of anilines is 2. The van der Waals surface area contributed by atoms with E-state index in [9.17, 15) is 22.4 Å². The molecule has 2 aromatic carbocycles. The molecule has 0 unspecified atom stereocenters. The SMILES string of the molecule is Nc1nc(-c2c(F)cccc2Cl)[nH]c1-c1ccc(NC(=O)c2ccccc2C(F)(F)F)nc1. The van der Waals surface area contributed by atoms with E-state index >= 15 is 0 Å². The Balaban J connectivity index is 1.58. The number of nitrogens with two attached hydrogens (primary N) is 1. The van der Waals surface area contributed by atoms with E-state index in [0.29, 0.717) is 11.3 Å². The highest BCUT2D eigenvalue weighted by atomic mass is 35.5. The molecule has 0 aliphatic rings. The zero-order valence-electron chi connectivity index (χ0n) is 16.5. The molecule has 4 rings (SSSR count). The number of hydrogen-bond donors (Lipinski definition) is 3. The molecular formula is C22H14ClF4N5O. The monoisotopic (exact) mass is 475 g/mol. The van der Waals surface area contributed by atoms with E-state index in [1.165, 1.54) is 48.7 Å². The van der Waals surface area contributed by atoms with E-state index in [1.54, 1.807) is 0 Å². The second-order valence-corrected chi connectivity index (χ2v) is 7.28. The molecule has 0 aliphatic carbocycles. The fraction of sp³-hybridized carbons (Fsp3) is 0.0455. The van der Waals surface area contributed by atoms with Gasteiger partial charge in [-0.25, -0.2) is 14.4 Å². The number of nitrogens with one attached hydrogen (secondary N) is 2. The van der Waals surface area contributed by atoms with Gasteiger partial charge in [0.15, 0.2) is 0 Å². The number of imidazole rings is 1. The first-order valence-corrected chi connectivity index (χ1v) is 9.77. The third-order valence-electron chi connectivity index (χ3n) is 4.70. The number of amides is 1. The molecule has 0 spiro atoms. The molecule has 0 saturated heterocycles. The lowest BCUT2D eigenvalue weighted by Gasteiger charge is -2.12. The van der Waals surface area contributed by atoms with Gasteiger partial charge in [0, 0.05) is 11.8 Å². The highest BCUT2D eigenvalue weighted by Gasteiger charge is 2.34. The van der Waals surface area contributed by atoms with Gasteiger partial charge in [-0.2, -0.15) is 13.2 Å². The van der Waals surface area contributed by atoms with Crippen molar-refractivity contribution in [3.63, 3.8) is 0 Å². The van der Waals surface area contributed by atoms with E-state index in [0.717, 1.165) is 12.1 Å². The third kappa shape index (κ3) is 4.51. The van der Waals surface area contributed by atoms with Gasteiger partial charge in [0.1, 0.15) is 23.3 Å². The van der Waals surface area contributed by atoms with Gasteiger partial charge in [-0.1, -0.05) is 29.8 Å². The van der Waals surface area contributed by atoms with Crippen LogP contribution in [0.5, 0.6) is 0 Å². The molecule has 4 aromatic rings. The predicted octanol–water partition coefficient (Wildman–Crippen LogP) is 5.78. The predicted molar refractivity (Wildman–Crippen MR) is 116 cm³/mol. The third-order valence-corrected chi connectivity index (χ3v) is 5.02. The zero-order chi connectivity index (χ0) is 23.8. The smallest absolute Gasteiger partial charge is 0.382 e. The summed E-state index contributed by atoms with van der Waals surface area (Å²) in [6.45, 7) is 0. The number of carbonyl (C=O) groups is 1. The van der Waals surface area contributed by atoms with Crippen LogP contribution in [0, 0.1) is 5.82 Å². The number of hydrogen-bond acceptors (Lipinski definition) is 4. The molecule has 4 N–H and O–H groups in total. The molecule has 0 fully saturated rings. The maximum Gasteiger partial charge on any atom is 0.417 e. The number of alkyl halides is 3. The van der Waals surface area contributed by atoms with Crippen molar-refractivity contribution in [2.24, 2.45) is 0 Å². The van der Waals surface area contributed by atoms with Crippen LogP contribution in [0.2, 0.25) is 5.02 Å². The van der Waals surface area contributed by atoms with Gasteiger partial charge >= 0.3 is 6.18 Å². The number of pyridine rings is 1. The molecule has 0 bridgehead atoms. The first-order valence-electron chi connectivity index (χ1n) is 9.39. The van der Waals surface area contributed by atoms with Crippen molar-refractivity contribution < 1.29 is 22.4 Å². The van der Waals surface area contributed by atoms with Gasteiger partial charge in [0.05, 0.1) is 27.4 Å². The van der Waals surface area contributed by atoms with Crippen LogP contribution >= 0.6 is 11.6 Å². The van der Waals surface area contributed by atoms with Crippen molar-refractivity contribution in [2.75, 3.05) is 11.1 Å². The van der Waals surface area contributed by atoms with Crippen molar-refractivity contribution in [1.82, 2.24) is 15.0 Å². The highest BCUT2D eigenvalue weighted by Crippen LogP contribution is 2.34. The Hall–Kier alpha value is -3.92. The second-order valence-electron chi connectivity index (χ2n) is 6.87. The Morgan fingerprint density at radius 1 is 1.06 bits per heavy atom. The number of aromatic nitrogens is 3. The summed E-state index contributed by atoms with van der Waals surface area (Å²) in [4.78, 5) is 23.4. The Morgan fingerprint density at radius 3 is 2.48 bits per heavy atom. The van der Waals surface area contributed by atoms with Crippen LogP contribution in [0.1, 0.15) is 15.9 Å². The topological polar surface area (TPSA) is 96.7 Å². The summed E-state index contributed by atoms with van der Waals surface area (Å²) in [5.41, 5.74) is 5.21. The van der Waals surface area contributed by atoms with Crippen LogP contribution in [0.25, 0.3) is 22.6 Å². The van der Waals surface area contributed by atoms with Gasteiger partial charge < -0.3 is 16.0 Å².